The SMILES string of the molecule is CCC1(NC(=O)N2CC(C)(OCC(=O)O)C2)CCC1. The van der Waals surface area contributed by atoms with Gasteiger partial charge >= 0.3 is 12.0 Å². The lowest BCUT2D eigenvalue weighted by Gasteiger charge is -2.50. The molecule has 0 bridgehead atoms. The molecule has 0 aromatic carbocycles. The van der Waals surface area contributed by atoms with Gasteiger partial charge in [0.1, 0.15) is 12.2 Å². The van der Waals surface area contributed by atoms with Crippen molar-refractivity contribution in [2.45, 2.75) is 50.7 Å². The van der Waals surface area contributed by atoms with Gasteiger partial charge < -0.3 is 20.1 Å². The first kappa shape index (κ1) is 14.1. The summed E-state index contributed by atoms with van der Waals surface area (Å²) < 4.78 is 5.28. The Morgan fingerprint density at radius 1 is 1.37 bits per heavy atom. The molecule has 19 heavy (non-hydrogen) atoms. The molecular weight excluding hydrogens is 248 g/mol. The van der Waals surface area contributed by atoms with Crippen molar-refractivity contribution in [1.29, 1.82) is 0 Å². The Morgan fingerprint density at radius 3 is 2.42 bits per heavy atom. The van der Waals surface area contributed by atoms with Crippen LogP contribution in [0.3, 0.4) is 0 Å². The van der Waals surface area contributed by atoms with E-state index in [0.29, 0.717) is 13.1 Å². The van der Waals surface area contributed by atoms with Crippen molar-refractivity contribution in [3.8, 4) is 0 Å². The Bertz CT molecular complexity index is 367. The van der Waals surface area contributed by atoms with E-state index < -0.39 is 11.6 Å². The van der Waals surface area contributed by atoms with Crippen LogP contribution < -0.4 is 5.32 Å². The van der Waals surface area contributed by atoms with Gasteiger partial charge in [-0.15, -0.1) is 0 Å². The minimum Gasteiger partial charge on any atom is -0.480 e. The predicted molar refractivity (Wildman–Crippen MR) is 69.0 cm³/mol. The Hall–Kier alpha value is -1.30. The molecule has 1 aliphatic heterocycles. The maximum atomic E-state index is 12.1. The molecule has 0 spiro atoms. The summed E-state index contributed by atoms with van der Waals surface area (Å²) in [5, 5.41) is 11.7. The molecular formula is C13H22N2O4. The number of urea groups is 1. The maximum Gasteiger partial charge on any atom is 0.329 e. The highest BCUT2D eigenvalue weighted by atomic mass is 16.5. The quantitative estimate of drug-likeness (QED) is 0.787. The number of hydrogen-bond acceptors (Lipinski definition) is 3. The molecule has 2 fully saturated rings. The molecule has 1 aliphatic carbocycles. The lowest BCUT2D eigenvalue weighted by Crippen LogP contribution is -2.68. The Labute approximate surface area is 113 Å². The van der Waals surface area contributed by atoms with Crippen LogP contribution in [0, 0.1) is 0 Å². The van der Waals surface area contributed by atoms with Gasteiger partial charge in [0.25, 0.3) is 0 Å². The fraction of sp³-hybridized carbons (Fsp3) is 0.846. The molecule has 6 heteroatoms. The summed E-state index contributed by atoms with van der Waals surface area (Å²) in [7, 11) is 0. The molecule has 0 aromatic heterocycles. The molecule has 1 saturated heterocycles. The summed E-state index contributed by atoms with van der Waals surface area (Å²) in [6.07, 6.45) is 4.23. The summed E-state index contributed by atoms with van der Waals surface area (Å²) in [6.45, 7) is 4.51. The zero-order valence-corrected chi connectivity index (χ0v) is 11.6. The molecule has 2 N–H and O–H groups in total. The van der Waals surface area contributed by atoms with E-state index in [1.165, 1.54) is 6.42 Å². The van der Waals surface area contributed by atoms with Crippen LogP contribution in [0.5, 0.6) is 0 Å². The number of carboxylic acids is 1. The normalized spacial score (nSPS) is 23.2. The number of ether oxygens (including phenoxy) is 1. The number of carboxylic acid groups (broad SMARTS) is 1. The van der Waals surface area contributed by atoms with Crippen LogP contribution in [0.25, 0.3) is 0 Å². The monoisotopic (exact) mass is 270 g/mol. The van der Waals surface area contributed by atoms with Gasteiger partial charge in [-0.05, 0) is 32.6 Å². The topological polar surface area (TPSA) is 78.9 Å². The van der Waals surface area contributed by atoms with Crippen LogP contribution in [0.2, 0.25) is 0 Å². The van der Waals surface area contributed by atoms with Gasteiger partial charge in [0, 0.05) is 5.54 Å². The van der Waals surface area contributed by atoms with Crippen molar-refractivity contribution in [1.82, 2.24) is 10.2 Å². The molecule has 1 heterocycles. The van der Waals surface area contributed by atoms with Gasteiger partial charge in [0.05, 0.1) is 13.1 Å². The largest absolute Gasteiger partial charge is 0.480 e. The van der Waals surface area contributed by atoms with Crippen LogP contribution in [0.1, 0.15) is 39.5 Å². The van der Waals surface area contributed by atoms with Gasteiger partial charge in [-0.2, -0.15) is 0 Å². The standard InChI is InChI=1S/C13H22N2O4/c1-3-13(5-4-6-13)14-11(18)15-8-12(2,9-15)19-7-10(16)17/h3-9H2,1-2H3,(H,14,18)(H,16,17). The average molecular weight is 270 g/mol. The van der Waals surface area contributed by atoms with Gasteiger partial charge in [0.2, 0.25) is 0 Å². The first-order chi connectivity index (χ1) is 8.88. The molecule has 0 aromatic rings. The number of carbonyl (C=O) groups is 2. The highest BCUT2D eigenvalue weighted by molar-refractivity contribution is 5.76. The first-order valence-electron chi connectivity index (χ1n) is 6.81. The van der Waals surface area contributed by atoms with Crippen molar-refractivity contribution < 1.29 is 19.4 Å². The van der Waals surface area contributed by atoms with Crippen LogP contribution in [-0.4, -0.2) is 52.8 Å². The van der Waals surface area contributed by atoms with Gasteiger partial charge in [-0.1, -0.05) is 6.92 Å². The smallest absolute Gasteiger partial charge is 0.329 e. The van der Waals surface area contributed by atoms with E-state index in [-0.39, 0.29) is 18.2 Å². The first-order valence-corrected chi connectivity index (χ1v) is 6.81. The second kappa shape index (κ2) is 5.00. The zero-order valence-electron chi connectivity index (χ0n) is 11.6. The summed E-state index contributed by atoms with van der Waals surface area (Å²) in [6, 6.07) is -0.0575. The zero-order chi connectivity index (χ0) is 14.1. The van der Waals surface area contributed by atoms with E-state index in [1.54, 1.807) is 4.90 Å². The number of aliphatic carboxylic acids is 1. The lowest BCUT2D eigenvalue weighted by atomic mass is 9.75. The predicted octanol–water partition coefficient (Wildman–Crippen LogP) is 1.20. The van der Waals surface area contributed by atoms with E-state index in [2.05, 4.69) is 12.2 Å². The van der Waals surface area contributed by atoms with Crippen LogP contribution in [0.15, 0.2) is 0 Å². The van der Waals surface area contributed by atoms with E-state index in [9.17, 15) is 9.59 Å². The van der Waals surface area contributed by atoms with Crippen molar-refractivity contribution in [2.24, 2.45) is 0 Å². The maximum absolute atomic E-state index is 12.1. The molecule has 6 nitrogen and oxygen atoms in total. The van der Waals surface area contributed by atoms with Crippen LogP contribution in [-0.2, 0) is 9.53 Å². The van der Waals surface area contributed by atoms with Gasteiger partial charge in [-0.25, -0.2) is 9.59 Å². The molecule has 1 saturated carbocycles. The third-order valence-electron chi connectivity index (χ3n) is 4.24. The third-order valence-corrected chi connectivity index (χ3v) is 4.24. The summed E-state index contributed by atoms with van der Waals surface area (Å²) >= 11 is 0. The Balaban J connectivity index is 1.76. The third kappa shape index (κ3) is 3.00. The molecule has 2 amide bonds. The molecule has 0 radical (unpaired) electrons. The van der Waals surface area contributed by atoms with E-state index in [1.807, 2.05) is 6.92 Å². The second-order valence-corrected chi connectivity index (χ2v) is 5.91. The van der Waals surface area contributed by atoms with Crippen molar-refractivity contribution >= 4 is 12.0 Å². The minimum absolute atomic E-state index is 0.00893. The molecule has 108 valence electrons. The summed E-state index contributed by atoms with van der Waals surface area (Å²) in [4.78, 5) is 24.2. The minimum atomic E-state index is -0.983. The highest BCUT2D eigenvalue weighted by Gasteiger charge is 2.45. The highest BCUT2D eigenvalue weighted by Crippen LogP contribution is 2.35. The van der Waals surface area contributed by atoms with Crippen LogP contribution >= 0.6 is 0 Å². The lowest BCUT2D eigenvalue weighted by molar-refractivity contribution is -0.159. The number of rotatable bonds is 5. The average Bonchev–Trinajstić information content (AvgIpc) is 2.27. The van der Waals surface area contributed by atoms with E-state index >= 15 is 0 Å². The van der Waals surface area contributed by atoms with E-state index in [0.717, 1.165) is 19.3 Å². The van der Waals surface area contributed by atoms with Crippen molar-refractivity contribution in [3.63, 3.8) is 0 Å². The molecule has 0 atom stereocenters. The second-order valence-electron chi connectivity index (χ2n) is 5.91. The Morgan fingerprint density at radius 2 is 2.00 bits per heavy atom. The number of carbonyl (C=O) groups excluding carboxylic acids is 1. The number of nitrogens with one attached hydrogen (secondary N) is 1. The number of hydrogen-bond donors (Lipinski definition) is 2. The fourth-order valence-electron chi connectivity index (χ4n) is 2.71. The summed E-state index contributed by atoms with van der Waals surface area (Å²) in [5.74, 6) is -0.983. The van der Waals surface area contributed by atoms with E-state index in [4.69, 9.17) is 9.84 Å². The Kier molecular flexibility index (Phi) is 3.71. The number of nitrogens with zero attached hydrogens (tertiary/aromatic N) is 1. The van der Waals surface area contributed by atoms with Crippen molar-refractivity contribution in [2.75, 3.05) is 19.7 Å². The molecule has 0 unspecified atom stereocenters. The number of likely N-dealkylation sites (tertiary alicyclic amines) is 1. The van der Waals surface area contributed by atoms with Crippen molar-refractivity contribution in [3.05, 3.63) is 0 Å². The van der Waals surface area contributed by atoms with Gasteiger partial charge in [0.15, 0.2) is 0 Å². The number of amides is 2. The summed E-state index contributed by atoms with van der Waals surface area (Å²) in [5.41, 5.74) is -0.528. The molecule has 2 rings (SSSR count). The van der Waals surface area contributed by atoms with Crippen LogP contribution in [0.4, 0.5) is 4.79 Å². The van der Waals surface area contributed by atoms with Gasteiger partial charge in [-0.3, -0.25) is 0 Å². The fourth-order valence-corrected chi connectivity index (χ4v) is 2.71. The molecule has 2 aliphatic rings.